The van der Waals surface area contributed by atoms with Gasteiger partial charge in [0.2, 0.25) is 0 Å². The van der Waals surface area contributed by atoms with Crippen molar-refractivity contribution in [2.24, 2.45) is 5.73 Å². The van der Waals surface area contributed by atoms with E-state index in [-0.39, 0.29) is 17.8 Å². The first kappa shape index (κ1) is 35.3. The third-order valence-corrected chi connectivity index (χ3v) is 6.10. The van der Waals surface area contributed by atoms with Crippen molar-refractivity contribution in [3.63, 3.8) is 0 Å². The maximum absolute atomic E-state index is 12.3. The van der Waals surface area contributed by atoms with Gasteiger partial charge in [0.15, 0.2) is 0 Å². The molecule has 1 aromatic carbocycles. The Hall–Kier alpha value is -2.85. The van der Waals surface area contributed by atoms with Gasteiger partial charge in [-0.2, -0.15) is 0 Å². The molecule has 1 atom stereocenters. The van der Waals surface area contributed by atoms with Crippen LogP contribution in [0.15, 0.2) is 30.5 Å². The Morgan fingerprint density at radius 3 is 2.05 bits per heavy atom. The number of hydrogen-bond acceptors (Lipinski definition) is 11. The van der Waals surface area contributed by atoms with Crippen LogP contribution in [0.25, 0.3) is 0 Å². The van der Waals surface area contributed by atoms with Crippen LogP contribution in [0.2, 0.25) is 0 Å². The van der Waals surface area contributed by atoms with Crippen LogP contribution in [0.1, 0.15) is 11.3 Å². The van der Waals surface area contributed by atoms with Crippen molar-refractivity contribution in [1.82, 2.24) is 30.5 Å². The molecule has 0 saturated heterocycles. The highest BCUT2D eigenvalue weighted by atomic mass is 16.6. The summed E-state index contributed by atoms with van der Waals surface area (Å²) in [6, 6.07) is 7.02. The minimum atomic E-state index is -0.226. The highest BCUT2D eigenvalue weighted by Crippen LogP contribution is 2.12. The maximum atomic E-state index is 12.3. The second-order valence-electron chi connectivity index (χ2n) is 9.70. The molecule has 2 amide bonds. The predicted molar refractivity (Wildman–Crippen MR) is 158 cm³/mol. The van der Waals surface area contributed by atoms with Crippen molar-refractivity contribution < 1.29 is 33.6 Å². The first-order valence-corrected chi connectivity index (χ1v) is 14.4. The molecule has 0 radical (unpaired) electrons. The molecule has 0 aliphatic heterocycles. The number of benzene rings is 1. The van der Waals surface area contributed by atoms with Gasteiger partial charge in [-0.3, -0.25) is 0 Å². The van der Waals surface area contributed by atoms with Crippen LogP contribution in [0.3, 0.4) is 0 Å². The number of rotatable bonds is 25. The second kappa shape index (κ2) is 22.7. The van der Waals surface area contributed by atoms with E-state index < -0.39 is 0 Å². The number of nitrogens with one attached hydrogen (secondary N) is 2. The molecule has 14 heteroatoms. The van der Waals surface area contributed by atoms with Crippen LogP contribution in [0.4, 0.5) is 4.79 Å². The lowest BCUT2D eigenvalue weighted by atomic mass is 10.1. The summed E-state index contributed by atoms with van der Waals surface area (Å²) in [5, 5.41) is 23.5. The summed E-state index contributed by atoms with van der Waals surface area (Å²) in [7, 11) is 3.96. The number of urea groups is 1. The van der Waals surface area contributed by atoms with Gasteiger partial charge in [-0.05, 0) is 38.2 Å². The Labute approximate surface area is 248 Å². The molecule has 238 valence electrons. The number of nitrogens with zero attached hydrogens (tertiary/aromatic N) is 4. The van der Waals surface area contributed by atoms with Crippen molar-refractivity contribution in [1.29, 1.82) is 0 Å². The van der Waals surface area contributed by atoms with Crippen molar-refractivity contribution in [2.75, 3.05) is 99.8 Å². The van der Waals surface area contributed by atoms with E-state index >= 15 is 0 Å². The van der Waals surface area contributed by atoms with Gasteiger partial charge in [-0.15, -0.1) is 5.10 Å². The van der Waals surface area contributed by atoms with Crippen molar-refractivity contribution >= 4 is 6.03 Å². The van der Waals surface area contributed by atoms with Crippen molar-refractivity contribution in [3.05, 3.63) is 41.7 Å². The van der Waals surface area contributed by atoms with Gasteiger partial charge < -0.3 is 50.1 Å². The van der Waals surface area contributed by atoms with E-state index in [2.05, 4.69) is 25.8 Å². The van der Waals surface area contributed by atoms with Gasteiger partial charge >= 0.3 is 6.03 Å². The number of aromatic hydroxyl groups is 1. The van der Waals surface area contributed by atoms with Gasteiger partial charge in [-0.1, -0.05) is 17.3 Å². The van der Waals surface area contributed by atoms with Gasteiger partial charge in [-0.25, -0.2) is 9.48 Å². The highest BCUT2D eigenvalue weighted by Gasteiger charge is 2.14. The number of carbonyl (C=O) groups is 1. The summed E-state index contributed by atoms with van der Waals surface area (Å²) < 4.78 is 28.8. The predicted octanol–water partition coefficient (Wildman–Crippen LogP) is 0.0400. The van der Waals surface area contributed by atoms with E-state index in [0.717, 1.165) is 17.7 Å². The first-order valence-electron chi connectivity index (χ1n) is 14.4. The molecule has 1 aromatic heterocycles. The molecule has 0 spiro atoms. The first-order chi connectivity index (χ1) is 20.5. The highest BCUT2D eigenvalue weighted by molar-refractivity contribution is 5.73. The summed E-state index contributed by atoms with van der Waals surface area (Å²) in [5.74, 6) is 0.241. The zero-order valence-corrected chi connectivity index (χ0v) is 25.0. The van der Waals surface area contributed by atoms with E-state index in [4.69, 9.17) is 29.4 Å². The average Bonchev–Trinajstić information content (AvgIpc) is 3.43. The zero-order valence-electron chi connectivity index (χ0n) is 25.0. The quantitative estimate of drug-likeness (QED) is 0.114. The van der Waals surface area contributed by atoms with Crippen LogP contribution in [-0.4, -0.2) is 137 Å². The lowest BCUT2D eigenvalue weighted by Gasteiger charge is -2.25. The number of carbonyl (C=O) groups excluding carboxylic acids is 1. The molecule has 1 heterocycles. The third-order valence-electron chi connectivity index (χ3n) is 6.10. The molecule has 0 saturated carbocycles. The number of aromatic nitrogens is 3. The molecule has 0 fully saturated rings. The van der Waals surface area contributed by atoms with E-state index in [9.17, 15) is 9.90 Å². The smallest absolute Gasteiger partial charge is 0.314 e. The normalized spacial score (nSPS) is 12.1. The minimum absolute atomic E-state index is 0.122. The molecule has 2 rings (SSSR count). The Kier molecular flexibility index (Phi) is 19.1. The van der Waals surface area contributed by atoms with Crippen LogP contribution >= 0.6 is 0 Å². The molecule has 5 N–H and O–H groups in total. The molecule has 0 bridgehead atoms. The van der Waals surface area contributed by atoms with Crippen molar-refractivity contribution in [3.8, 4) is 5.75 Å². The standard InChI is InChI=1S/C28H49N7O7/c1-34(2)26(21-24-3-5-27(36)6-4-24)22-31-28(37)30-9-7-25-23-35(33-32-25)10-12-39-14-16-41-18-20-42-19-17-40-15-13-38-11-8-29/h3-6,23,26,36H,7-22,29H2,1-2H3,(H2,30,31,37)/t26-/m0/s1. The fourth-order valence-electron chi connectivity index (χ4n) is 3.70. The summed E-state index contributed by atoms with van der Waals surface area (Å²) in [5.41, 5.74) is 7.22. The number of likely N-dealkylation sites (N-methyl/N-ethyl adjacent to an activating group) is 1. The van der Waals surface area contributed by atoms with E-state index in [1.165, 1.54) is 0 Å². The molecular weight excluding hydrogens is 546 g/mol. The molecule has 0 unspecified atom stereocenters. The number of nitrogens with two attached hydrogens (primary N) is 1. The summed E-state index contributed by atoms with van der Waals surface area (Å²) in [4.78, 5) is 14.3. The van der Waals surface area contributed by atoms with E-state index in [0.29, 0.717) is 98.7 Å². The molecule has 2 aromatic rings. The van der Waals surface area contributed by atoms with Gasteiger partial charge in [0.25, 0.3) is 0 Å². The second-order valence-corrected chi connectivity index (χ2v) is 9.70. The Balaban J connectivity index is 1.44. The lowest BCUT2D eigenvalue weighted by molar-refractivity contribution is -0.0111. The van der Waals surface area contributed by atoms with Crippen molar-refractivity contribution in [2.45, 2.75) is 25.4 Å². The Morgan fingerprint density at radius 2 is 1.48 bits per heavy atom. The zero-order chi connectivity index (χ0) is 30.3. The molecular formula is C28H49N7O7. The number of phenolic OH excluding ortho intramolecular Hbond substituents is 1. The average molecular weight is 596 g/mol. The van der Waals surface area contributed by atoms with Crippen LogP contribution in [0.5, 0.6) is 5.75 Å². The summed E-state index contributed by atoms with van der Waals surface area (Å²) >= 11 is 0. The largest absolute Gasteiger partial charge is 0.508 e. The maximum Gasteiger partial charge on any atom is 0.314 e. The Bertz CT molecular complexity index is 947. The van der Waals surface area contributed by atoms with Crippen LogP contribution in [-0.2, 0) is 43.1 Å². The fraction of sp³-hybridized carbons (Fsp3) is 0.679. The molecule has 0 aliphatic carbocycles. The fourth-order valence-corrected chi connectivity index (χ4v) is 3.70. The SMILES string of the molecule is CN(C)[C@H](CNC(=O)NCCc1cn(CCOCCOCCOCCOCCOCCN)nn1)Cc1ccc(O)cc1. The summed E-state index contributed by atoms with van der Waals surface area (Å²) in [6.07, 6.45) is 3.18. The summed E-state index contributed by atoms with van der Waals surface area (Å²) in [6.45, 7) is 7.16. The number of phenols is 1. The van der Waals surface area contributed by atoms with E-state index in [1.807, 2.05) is 32.4 Å². The van der Waals surface area contributed by atoms with Crippen LogP contribution in [0, 0.1) is 0 Å². The minimum Gasteiger partial charge on any atom is -0.508 e. The number of hydrogen-bond donors (Lipinski definition) is 4. The third kappa shape index (κ3) is 17.2. The van der Waals surface area contributed by atoms with Crippen LogP contribution < -0.4 is 16.4 Å². The number of ether oxygens (including phenoxy) is 5. The monoisotopic (exact) mass is 595 g/mol. The lowest BCUT2D eigenvalue weighted by Crippen LogP contribution is -2.45. The van der Waals surface area contributed by atoms with Gasteiger partial charge in [0, 0.05) is 38.3 Å². The molecule has 0 aliphatic rings. The van der Waals surface area contributed by atoms with Gasteiger partial charge in [0.05, 0.1) is 78.3 Å². The van der Waals surface area contributed by atoms with Gasteiger partial charge in [0.1, 0.15) is 5.75 Å². The number of amides is 2. The van der Waals surface area contributed by atoms with E-state index in [1.54, 1.807) is 16.8 Å². The topological polar surface area (TPSA) is 167 Å². The molecule has 42 heavy (non-hydrogen) atoms. The Morgan fingerprint density at radius 1 is 0.905 bits per heavy atom. The molecule has 14 nitrogen and oxygen atoms in total.